The van der Waals surface area contributed by atoms with Crippen LogP contribution in [-0.2, 0) is 6.42 Å². The third kappa shape index (κ3) is 2.61. The van der Waals surface area contributed by atoms with Gasteiger partial charge in [-0.25, -0.2) is 0 Å². The number of phenols is 1. The summed E-state index contributed by atoms with van der Waals surface area (Å²) in [5.41, 5.74) is 5.40. The molecule has 3 rings (SSSR count). The number of aryl methyl sites for hydroxylation is 2. The van der Waals surface area contributed by atoms with Gasteiger partial charge in [-0.1, -0.05) is 23.8 Å². The summed E-state index contributed by atoms with van der Waals surface area (Å²) in [6, 6.07) is 12.0. The van der Waals surface area contributed by atoms with Crippen molar-refractivity contribution >= 4 is 11.4 Å². The molecular weight excluding hydrogens is 262 g/mol. The van der Waals surface area contributed by atoms with Crippen LogP contribution in [0.2, 0.25) is 0 Å². The van der Waals surface area contributed by atoms with Gasteiger partial charge < -0.3 is 15.1 Å². The lowest BCUT2D eigenvalue weighted by Gasteiger charge is -2.32. The van der Waals surface area contributed by atoms with Crippen LogP contribution in [0.25, 0.3) is 0 Å². The van der Waals surface area contributed by atoms with Crippen LogP contribution in [0.3, 0.4) is 0 Å². The highest BCUT2D eigenvalue weighted by Gasteiger charge is 2.19. The Kier molecular flexibility index (Phi) is 3.60. The fourth-order valence-electron chi connectivity index (χ4n) is 3.05. The van der Waals surface area contributed by atoms with Crippen LogP contribution in [0.4, 0.5) is 11.4 Å². The molecule has 0 saturated heterocycles. The van der Waals surface area contributed by atoms with Gasteiger partial charge in [-0.05, 0) is 44.4 Å². The molecule has 1 aliphatic rings. The standard InChI is InChI=1S/C18H21NO2/c1-12-5-8-17-14(10-12)4-3-9-19(17)15-6-7-16(13(2)20)18(21)11-15/h5-8,10-11,13,20-21H,3-4,9H2,1-2H3. The molecule has 0 bridgehead atoms. The molecule has 1 aliphatic heterocycles. The van der Waals surface area contributed by atoms with Crippen molar-refractivity contribution in [2.24, 2.45) is 0 Å². The summed E-state index contributed by atoms with van der Waals surface area (Å²) in [5.74, 6) is 0.154. The number of aliphatic hydroxyl groups is 1. The van der Waals surface area contributed by atoms with E-state index in [-0.39, 0.29) is 5.75 Å². The first-order valence-electron chi connectivity index (χ1n) is 7.44. The average Bonchev–Trinajstić information content (AvgIpc) is 2.45. The van der Waals surface area contributed by atoms with Crippen LogP contribution in [0.15, 0.2) is 36.4 Å². The van der Waals surface area contributed by atoms with Gasteiger partial charge in [0.1, 0.15) is 5.75 Å². The first kappa shape index (κ1) is 14.0. The number of rotatable bonds is 2. The molecule has 3 heteroatoms. The van der Waals surface area contributed by atoms with Crippen molar-refractivity contribution in [1.82, 2.24) is 0 Å². The van der Waals surface area contributed by atoms with Crippen LogP contribution in [0.1, 0.15) is 36.1 Å². The highest BCUT2D eigenvalue weighted by atomic mass is 16.3. The van der Waals surface area contributed by atoms with Crippen LogP contribution >= 0.6 is 0 Å². The second-order valence-electron chi connectivity index (χ2n) is 5.81. The molecule has 21 heavy (non-hydrogen) atoms. The molecule has 2 aromatic carbocycles. The van der Waals surface area contributed by atoms with Gasteiger partial charge in [-0.3, -0.25) is 0 Å². The number of aliphatic hydroxyl groups excluding tert-OH is 1. The van der Waals surface area contributed by atoms with Crippen LogP contribution in [0, 0.1) is 6.92 Å². The third-order valence-electron chi connectivity index (χ3n) is 4.13. The molecule has 0 aliphatic carbocycles. The number of benzene rings is 2. The predicted molar refractivity (Wildman–Crippen MR) is 85.2 cm³/mol. The van der Waals surface area contributed by atoms with E-state index >= 15 is 0 Å². The molecule has 0 aromatic heterocycles. The monoisotopic (exact) mass is 283 g/mol. The van der Waals surface area contributed by atoms with Crippen LogP contribution in [0.5, 0.6) is 5.75 Å². The zero-order valence-electron chi connectivity index (χ0n) is 12.5. The van der Waals surface area contributed by atoms with Crippen molar-refractivity contribution in [2.45, 2.75) is 32.8 Å². The van der Waals surface area contributed by atoms with E-state index in [1.807, 2.05) is 6.07 Å². The van der Waals surface area contributed by atoms with Gasteiger partial charge in [0.25, 0.3) is 0 Å². The molecule has 0 radical (unpaired) electrons. The molecule has 1 heterocycles. The van der Waals surface area contributed by atoms with Crippen molar-refractivity contribution in [3.05, 3.63) is 53.1 Å². The smallest absolute Gasteiger partial charge is 0.123 e. The summed E-state index contributed by atoms with van der Waals surface area (Å²) < 4.78 is 0. The number of nitrogens with zero attached hydrogens (tertiary/aromatic N) is 1. The molecule has 2 aromatic rings. The van der Waals surface area contributed by atoms with Crippen LogP contribution in [-0.4, -0.2) is 16.8 Å². The molecule has 2 N–H and O–H groups in total. The fourth-order valence-corrected chi connectivity index (χ4v) is 3.05. The van der Waals surface area contributed by atoms with E-state index in [9.17, 15) is 10.2 Å². The largest absolute Gasteiger partial charge is 0.507 e. The number of aromatic hydroxyl groups is 1. The fraction of sp³-hybridized carbons (Fsp3) is 0.333. The number of hydrogen-bond acceptors (Lipinski definition) is 3. The molecule has 1 unspecified atom stereocenters. The Balaban J connectivity index is 2.01. The Morgan fingerprint density at radius 2 is 1.95 bits per heavy atom. The quantitative estimate of drug-likeness (QED) is 0.880. The Bertz CT molecular complexity index is 664. The Labute approximate surface area is 125 Å². The number of anilines is 2. The third-order valence-corrected chi connectivity index (χ3v) is 4.13. The first-order valence-corrected chi connectivity index (χ1v) is 7.44. The maximum Gasteiger partial charge on any atom is 0.123 e. The molecular formula is C18H21NO2. The second kappa shape index (κ2) is 5.41. The van der Waals surface area contributed by atoms with Gasteiger partial charge in [0, 0.05) is 29.5 Å². The summed E-state index contributed by atoms with van der Waals surface area (Å²) in [7, 11) is 0. The highest BCUT2D eigenvalue weighted by molar-refractivity contribution is 5.69. The molecule has 0 spiro atoms. The molecule has 1 atom stereocenters. The summed E-state index contributed by atoms with van der Waals surface area (Å²) in [4.78, 5) is 2.24. The second-order valence-corrected chi connectivity index (χ2v) is 5.81. The lowest BCUT2D eigenvalue weighted by atomic mass is 9.98. The van der Waals surface area contributed by atoms with Crippen molar-refractivity contribution < 1.29 is 10.2 Å². The Morgan fingerprint density at radius 1 is 1.14 bits per heavy atom. The summed E-state index contributed by atoms with van der Waals surface area (Å²) in [6.45, 7) is 4.72. The van der Waals surface area contributed by atoms with Gasteiger partial charge in [-0.15, -0.1) is 0 Å². The first-order chi connectivity index (χ1) is 10.1. The summed E-state index contributed by atoms with van der Waals surface area (Å²) in [5, 5.41) is 19.7. The van der Waals surface area contributed by atoms with E-state index in [0.29, 0.717) is 5.56 Å². The maximum atomic E-state index is 10.1. The average molecular weight is 283 g/mol. The van der Waals surface area contributed by atoms with Gasteiger partial charge in [-0.2, -0.15) is 0 Å². The van der Waals surface area contributed by atoms with Crippen molar-refractivity contribution in [1.29, 1.82) is 0 Å². The normalized spacial score (nSPS) is 15.7. The maximum absolute atomic E-state index is 10.1. The predicted octanol–water partition coefficient (Wildman–Crippen LogP) is 3.84. The van der Waals surface area contributed by atoms with Gasteiger partial charge >= 0.3 is 0 Å². The number of hydrogen-bond donors (Lipinski definition) is 2. The topological polar surface area (TPSA) is 43.7 Å². The zero-order chi connectivity index (χ0) is 15.0. The van der Waals surface area contributed by atoms with Crippen molar-refractivity contribution in [3.63, 3.8) is 0 Å². The van der Waals surface area contributed by atoms with Crippen LogP contribution < -0.4 is 4.90 Å². The van der Waals surface area contributed by atoms with E-state index in [1.165, 1.54) is 16.8 Å². The highest BCUT2D eigenvalue weighted by Crippen LogP contribution is 2.37. The molecule has 3 nitrogen and oxygen atoms in total. The zero-order valence-corrected chi connectivity index (χ0v) is 12.5. The van der Waals surface area contributed by atoms with E-state index in [0.717, 1.165) is 25.1 Å². The lowest BCUT2D eigenvalue weighted by Crippen LogP contribution is -2.24. The van der Waals surface area contributed by atoms with Gasteiger partial charge in [0.15, 0.2) is 0 Å². The van der Waals surface area contributed by atoms with E-state index in [4.69, 9.17) is 0 Å². The minimum Gasteiger partial charge on any atom is -0.507 e. The molecule has 0 saturated carbocycles. The van der Waals surface area contributed by atoms with E-state index in [2.05, 4.69) is 30.0 Å². The van der Waals surface area contributed by atoms with Gasteiger partial charge in [0.2, 0.25) is 0 Å². The Hall–Kier alpha value is -2.00. The number of fused-ring (bicyclic) bond motifs is 1. The molecule has 0 fully saturated rings. The van der Waals surface area contributed by atoms with E-state index in [1.54, 1.807) is 19.1 Å². The van der Waals surface area contributed by atoms with Crippen molar-refractivity contribution in [2.75, 3.05) is 11.4 Å². The van der Waals surface area contributed by atoms with E-state index < -0.39 is 6.10 Å². The summed E-state index contributed by atoms with van der Waals surface area (Å²) in [6.07, 6.45) is 1.55. The van der Waals surface area contributed by atoms with Gasteiger partial charge in [0.05, 0.1) is 6.10 Å². The molecule has 110 valence electrons. The molecule has 0 amide bonds. The number of phenolic OH excluding ortho intramolecular Hbond substituents is 1. The minimum atomic E-state index is -0.657. The SMILES string of the molecule is Cc1ccc2c(c1)CCCN2c1ccc(C(C)O)c(O)c1. The lowest BCUT2D eigenvalue weighted by molar-refractivity contribution is 0.195. The minimum absolute atomic E-state index is 0.154. The Morgan fingerprint density at radius 3 is 2.67 bits per heavy atom. The summed E-state index contributed by atoms with van der Waals surface area (Å²) >= 11 is 0. The van der Waals surface area contributed by atoms with Crippen molar-refractivity contribution in [3.8, 4) is 5.75 Å².